The quantitative estimate of drug-likeness (QED) is 0.387. The lowest BCUT2D eigenvalue weighted by atomic mass is 10.2. The summed E-state index contributed by atoms with van der Waals surface area (Å²) >= 11 is 5.16. The first-order valence-electron chi connectivity index (χ1n) is 6.32. The van der Waals surface area contributed by atoms with E-state index < -0.39 is 10.1 Å². The molecule has 0 aliphatic rings. The molecule has 0 unspecified atom stereocenters. The second-order valence-electron chi connectivity index (χ2n) is 4.52. The van der Waals surface area contributed by atoms with Crippen molar-refractivity contribution in [3.8, 4) is 0 Å². The Bertz CT molecular complexity index is 774. The Morgan fingerprint density at radius 1 is 1.09 bits per heavy atom. The van der Waals surface area contributed by atoms with Crippen LogP contribution in [0.15, 0.2) is 53.4 Å². The Hall–Kier alpha value is -2.16. The minimum Gasteiger partial charge on any atom is -0.331 e. The van der Waals surface area contributed by atoms with Gasteiger partial charge in [-0.15, -0.1) is 0 Å². The van der Waals surface area contributed by atoms with Gasteiger partial charge >= 0.3 is 0 Å². The fourth-order valence-corrected chi connectivity index (χ4v) is 2.35. The Morgan fingerprint density at radius 3 is 2.32 bits per heavy atom. The molecule has 0 spiro atoms. The number of aryl methyl sites for hydroxylation is 1. The van der Waals surface area contributed by atoms with Crippen molar-refractivity contribution < 1.29 is 13.0 Å². The van der Waals surface area contributed by atoms with Gasteiger partial charge in [0.05, 0.1) is 10.6 Å². The molecule has 0 bridgehead atoms. The molecule has 8 heteroatoms. The molecular formula is C14H15N3O3S2. The second-order valence-corrected chi connectivity index (χ2v) is 6.35. The van der Waals surface area contributed by atoms with Gasteiger partial charge in [0.25, 0.3) is 10.1 Å². The van der Waals surface area contributed by atoms with Crippen molar-refractivity contribution in [2.24, 2.45) is 0 Å². The van der Waals surface area contributed by atoms with Crippen molar-refractivity contribution in [2.75, 3.05) is 10.7 Å². The van der Waals surface area contributed by atoms with E-state index in [1.54, 1.807) is 0 Å². The van der Waals surface area contributed by atoms with Crippen molar-refractivity contribution in [3.63, 3.8) is 0 Å². The molecule has 0 aromatic heterocycles. The Balaban J connectivity index is 1.93. The van der Waals surface area contributed by atoms with Gasteiger partial charge < -0.3 is 5.32 Å². The summed E-state index contributed by atoms with van der Waals surface area (Å²) < 4.78 is 30.8. The number of benzene rings is 2. The molecular weight excluding hydrogens is 322 g/mol. The minimum atomic E-state index is -4.18. The maximum absolute atomic E-state index is 10.9. The topological polar surface area (TPSA) is 90.5 Å². The molecule has 6 nitrogen and oxygen atoms in total. The summed E-state index contributed by atoms with van der Waals surface area (Å²) in [6, 6.07) is 13.3. The number of nitrogens with one attached hydrogen (secondary N) is 3. The van der Waals surface area contributed by atoms with E-state index in [0.29, 0.717) is 10.8 Å². The predicted molar refractivity (Wildman–Crippen MR) is 90.4 cm³/mol. The van der Waals surface area contributed by atoms with Crippen molar-refractivity contribution in [1.29, 1.82) is 0 Å². The molecule has 2 aromatic carbocycles. The number of rotatable bonds is 4. The van der Waals surface area contributed by atoms with E-state index in [4.69, 9.17) is 16.8 Å². The number of anilines is 2. The van der Waals surface area contributed by atoms with Crippen LogP contribution in [0.5, 0.6) is 0 Å². The standard InChI is InChI=1S/C14H15N3O3S2/c1-10-4-2-3-5-13(10)15-14(21)17-16-11-6-8-12(9-7-11)22(18,19)20/h2-9,16H,1H3,(H2,15,17,21)(H,18,19,20). The molecule has 0 radical (unpaired) electrons. The van der Waals surface area contributed by atoms with E-state index in [1.165, 1.54) is 24.3 Å². The Kier molecular flexibility index (Phi) is 4.96. The van der Waals surface area contributed by atoms with E-state index in [-0.39, 0.29) is 4.90 Å². The van der Waals surface area contributed by atoms with Crippen LogP contribution < -0.4 is 16.2 Å². The molecule has 0 heterocycles. The van der Waals surface area contributed by atoms with Crippen LogP contribution >= 0.6 is 12.2 Å². The minimum absolute atomic E-state index is 0.168. The predicted octanol–water partition coefficient (Wildman–Crippen LogP) is 2.56. The van der Waals surface area contributed by atoms with Crippen LogP contribution in [0, 0.1) is 6.92 Å². The van der Waals surface area contributed by atoms with Gasteiger partial charge in [0.15, 0.2) is 5.11 Å². The third-order valence-electron chi connectivity index (χ3n) is 2.87. The van der Waals surface area contributed by atoms with Gasteiger partial charge in [0.1, 0.15) is 0 Å². The normalized spacial score (nSPS) is 10.8. The van der Waals surface area contributed by atoms with E-state index in [2.05, 4.69) is 16.2 Å². The third-order valence-corrected chi connectivity index (χ3v) is 3.94. The maximum Gasteiger partial charge on any atom is 0.294 e. The van der Waals surface area contributed by atoms with Crippen LogP contribution in [0.4, 0.5) is 11.4 Å². The van der Waals surface area contributed by atoms with Gasteiger partial charge in [0.2, 0.25) is 0 Å². The maximum atomic E-state index is 10.9. The molecule has 2 aromatic rings. The fraction of sp³-hybridized carbons (Fsp3) is 0.0714. The highest BCUT2D eigenvalue weighted by Gasteiger charge is 2.08. The third kappa shape index (κ3) is 4.42. The summed E-state index contributed by atoms with van der Waals surface area (Å²) in [7, 11) is -4.18. The zero-order valence-electron chi connectivity index (χ0n) is 11.7. The van der Waals surface area contributed by atoms with Gasteiger partial charge in [-0.2, -0.15) is 8.42 Å². The Labute approximate surface area is 134 Å². The highest BCUT2D eigenvalue weighted by atomic mass is 32.2. The van der Waals surface area contributed by atoms with Gasteiger partial charge in [-0.25, -0.2) is 0 Å². The molecule has 4 N–H and O–H groups in total. The van der Waals surface area contributed by atoms with Gasteiger partial charge in [-0.1, -0.05) is 18.2 Å². The first-order valence-corrected chi connectivity index (χ1v) is 8.17. The summed E-state index contributed by atoms with van der Waals surface area (Å²) in [6.07, 6.45) is 0. The summed E-state index contributed by atoms with van der Waals surface area (Å²) in [6.45, 7) is 1.96. The molecule has 22 heavy (non-hydrogen) atoms. The monoisotopic (exact) mass is 337 g/mol. The molecule has 0 saturated carbocycles. The lowest BCUT2D eigenvalue weighted by Gasteiger charge is -2.14. The van der Waals surface area contributed by atoms with Gasteiger partial charge in [0, 0.05) is 5.69 Å². The van der Waals surface area contributed by atoms with Crippen molar-refractivity contribution in [3.05, 3.63) is 54.1 Å². The molecule has 0 saturated heterocycles. The second kappa shape index (κ2) is 6.73. The smallest absolute Gasteiger partial charge is 0.294 e. The van der Waals surface area contributed by atoms with E-state index in [0.717, 1.165) is 11.3 Å². The average molecular weight is 337 g/mol. The van der Waals surface area contributed by atoms with E-state index >= 15 is 0 Å². The fourth-order valence-electron chi connectivity index (χ4n) is 1.71. The van der Waals surface area contributed by atoms with Gasteiger partial charge in [-0.05, 0) is 55.0 Å². The van der Waals surface area contributed by atoms with E-state index in [1.807, 2.05) is 31.2 Å². The molecule has 0 aliphatic heterocycles. The summed E-state index contributed by atoms with van der Waals surface area (Å²) in [5.41, 5.74) is 8.17. The molecule has 116 valence electrons. The highest BCUT2D eigenvalue weighted by Crippen LogP contribution is 2.14. The van der Waals surface area contributed by atoms with Crippen molar-refractivity contribution >= 4 is 38.8 Å². The first kappa shape index (κ1) is 16.2. The van der Waals surface area contributed by atoms with Gasteiger partial charge in [-0.3, -0.25) is 15.4 Å². The zero-order chi connectivity index (χ0) is 16.2. The molecule has 0 atom stereocenters. The average Bonchev–Trinajstić information content (AvgIpc) is 2.47. The highest BCUT2D eigenvalue weighted by molar-refractivity contribution is 7.85. The lowest BCUT2D eigenvalue weighted by molar-refractivity contribution is 0.483. The van der Waals surface area contributed by atoms with Crippen molar-refractivity contribution in [1.82, 2.24) is 5.43 Å². The summed E-state index contributed by atoms with van der Waals surface area (Å²) in [5.74, 6) is 0. The number of para-hydroxylation sites is 1. The summed E-state index contributed by atoms with van der Waals surface area (Å²) in [5, 5.41) is 3.41. The number of hydrazine groups is 1. The van der Waals surface area contributed by atoms with Crippen LogP contribution in [0.25, 0.3) is 0 Å². The molecule has 0 amide bonds. The van der Waals surface area contributed by atoms with Crippen LogP contribution in [0.3, 0.4) is 0 Å². The van der Waals surface area contributed by atoms with Crippen LogP contribution in [0.2, 0.25) is 0 Å². The van der Waals surface area contributed by atoms with Crippen LogP contribution in [-0.4, -0.2) is 18.1 Å². The SMILES string of the molecule is Cc1ccccc1NC(=S)NNc1ccc(S(=O)(=O)O)cc1. The molecule has 0 aliphatic carbocycles. The lowest BCUT2D eigenvalue weighted by Crippen LogP contribution is -2.33. The number of hydrogen-bond donors (Lipinski definition) is 4. The first-order chi connectivity index (χ1) is 10.4. The molecule has 2 rings (SSSR count). The number of hydrogen-bond acceptors (Lipinski definition) is 4. The van der Waals surface area contributed by atoms with E-state index in [9.17, 15) is 8.42 Å². The van der Waals surface area contributed by atoms with Crippen molar-refractivity contribution in [2.45, 2.75) is 11.8 Å². The Morgan fingerprint density at radius 2 is 1.73 bits per heavy atom. The molecule has 0 fully saturated rings. The van der Waals surface area contributed by atoms with Crippen LogP contribution in [-0.2, 0) is 10.1 Å². The zero-order valence-corrected chi connectivity index (χ0v) is 13.3. The van der Waals surface area contributed by atoms with Crippen LogP contribution in [0.1, 0.15) is 5.56 Å². The summed E-state index contributed by atoms with van der Waals surface area (Å²) in [4.78, 5) is -0.168. The number of thiocarbonyl (C=S) groups is 1. The largest absolute Gasteiger partial charge is 0.331 e.